The van der Waals surface area contributed by atoms with E-state index in [0.717, 1.165) is 33.8 Å². The van der Waals surface area contributed by atoms with Crippen molar-refractivity contribution in [1.82, 2.24) is 24.1 Å². The maximum absolute atomic E-state index is 5.62. The van der Waals surface area contributed by atoms with Crippen molar-refractivity contribution in [3.8, 4) is 22.8 Å². The van der Waals surface area contributed by atoms with Crippen LogP contribution in [0.4, 0.5) is 34.6 Å². The molecule has 6 aromatic carbocycles. The Kier molecular flexibility index (Phi) is 6.33. The minimum atomic E-state index is -0.270. The first-order valence-electron chi connectivity index (χ1n) is 21.0. The molecule has 0 saturated heterocycles. The summed E-state index contributed by atoms with van der Waals surface area (Å²) in [5.41, 5.74) is 15.8. The van der Waals surface area contributed by atoms with Crippen LogP contribution in [-0.4, -0.2) is 24.1 Å². The van der Waals surface area contributed by atoms with Gasteiger partial charge >= 0.3 is 0 Å². The van der Waals surface area contributed by atoms with Gasteiger partial charge in [-0.3, -0.25) is 9.80 Å². The Labute approximate surface area is 347 Å². The molecule has 0 aliphatic carbocycles. The van der Waals surface area contributed by atoms with Crippen molar-refractivity contribution in [2.45, 2.75) is 52.4 Å². The molecular formula is C53H41N7. The summed E-state index contributed by atoms with van der Waals surface area (Å²) in [6, 6.07) is 43.9. The first kappa shape index (κ1) is 33.7. The highest BCUT2D eigenvalue weighted by atomic mass is 15.4. The number of nitrogens with zero attached hydrogens (tertiary/aromatic N) is 7. The van der Waals surface area contributed by atoms with Gasteiger partial charge in [0.1, 0.15) is 0 Å². The van der Waals surface area contributed by atoms with Gasteiger partial charge in [-0.15, -0.1) is 0 Å². The standard InChI is InChI=1S/C53H41N7/c1-7-17-35-43-31(8-2)32-21-13-26-39-45(32)59(43)47-37(52(35,3)4)24-15-28-41(47)57(39)50-54-49(30-18-10-9-11-19-30)55-51(56-50)58-40-27-14-22-34-33-20-12-23-36-44(33)60(46(34)40)48-38(53(36,5)6)25-16-29-42(48)58/h7-29H,1-6H3/b17-7-,31-8-. The van der Waals surface area contributed by atoms with Crippen molar-refractivity contribution in [2.75, 3.05) is 9.80 Å². The largest absolute Gasteiger partial charge is 0.304 e. The molecule has 3 aromatic heterocycles. The summed E-state index contributed by atoms with van der Waals surface area (Å²) in [5, 5.41) is 6.19. The number of hydrogen-bond acceptors (Lipinski definition) is 5. The van der Waals surface area contributed by atoms with Gasteiger partial charge in [0, 0.05) is 37.8 Å². The van der Waals surface area contributed by atoms with Crippen molar-refractivity contribution in [3.05, 3.63) is 161 Å². The molecule has 288 valence electrons. The van der Waals surface area contributed by atoms with Crippen molar-refractivity contribution in [2.24, 2.45) is 0 Å². The summed E-state index contributed by atoms with van der Waals surface area (Å²) in [4.78, 5) is 21.1. The molecular weight excluding hydrogens is 735 g/mol. The average Bonchev–Trinajstić information content (AvgIpc) is 3.79. The molecule has 7 nitrogen and oxygen atoms in total. The second kappa shape index (κ2) is 11.3. The van der Waals surface area contributed by atoms with E-state index in [2.05, 4.69) is 194 Å². The van der Waals surface area contributed by atoms with Gasteiger partial charge in [-0.25, -0.2) is 0 Å². The van der Waals surface area contributed by atoms with Crippen molar-refractivity contribution >= 4 is 79.0 Å². The predicted molar refractivity (Wildman–Crippen MR) is 246 cm³/mol. The van der Waals surface area contributed by atoms with Crippen LogP contribution in [0.3, 0.4) is 0 Å². The van der Waals surface area contributed by atoms with Crippen LogP contribution >= 0.6 is 0 Å². The molecule has 9 aromatic rings. The number of para-hydroxylation sites is 5. The molecule has 13 rings (SSSR count). The molecule has 4 aliphatic rings. The maximum Gasteiger partial charge on any atom is 0.240 e. The van der Waals surface area contributed by atoms with Crippen LogP contribution in [0.5, 0.6) is 0 Å². The molecule has 0 radical (unpaired) electrons. The molecule has 7 heteroatoms. The van der Waals surface area contributed by atoms with E-state index < -0.39 is 0 Å². The van der Waals surface area contributed by atoms with Gasteiger partial charge in [0.2, 0.25) is 11.9 Å². The summed E-state index contributed by atoms with van der Waals surface area (Å²) in [5.74, 6) is 1.76. The number of hydrogen-bond donors (Lipinski definition) is 0. The van der Waals surface area contributed by atoms with Crippen LogP contribution in [0, 0.1) is 0 Å². The third kappa shape index (κ3) is 3.89. The lowest BCUT2D eigenvalue weighted by Gasteiger charge is -2.40. The third-order valence-corrected chi connectivity index (χ3v) is 13.8. The number of allylic oxidation sites excluding steroid dienone is 2. The summed E-state index contributed by atoms with van der Waals surface area (Å²) in [6.45, 7) is 13.7. The molecule has 0 saturated carbocycles. The number of rotatable bonds is 4. The molecule has 60 heavy (non-hydrogen) atoms. The molecule has 0 fully saturated rings. The summed E-state index contributed by atoms with van der Waals surface area (Å²) in [6.07, 6.45) is 6.75. The molecule has 7 heterocycles. The normalized spacial score (nSPS) is 16.4. The Morgan fingerprint density at radius 2 is 1.02 bits per heavy atom. The van der Waals surface area contributed by atoms with Gasteiger partial charge in [-0.05, 0) is 60.4 Å². The van der Waals surface area contributed by atoms with Crippen molar-refractivity contribution in [3.63, 3.8) is 0 Å². The van der Waals surface area contributed by atoms with E-state index in [0.29, 0.717) is 17.7 Å². The van der Waals surface area contributed by atoms with Crippen molar-refractivity contribution < 1.29 is 0 Å². The fourth-order valence-corrected chi connectivity index (χ4v) is 11.2. The molecule has 0 atom stereocenters. The Morgan fingerprint density at radius 3 is 1.67 bits per heavy atom. The Bertz CT molecular complexity index is 3580. The van der Waals surface area contributed by atoms with Crippen molar-refractivity contribution in [1.29, 1.82) is 0 Å². The molecule has 0 amide bonds. The minimum absolute atomic E-state index is 0.225. The van der Waals surface area contributed by atoms with Crippen LogP contribution in [0.1, 0.15) is 58.2 Å². The Morgan fingerprint density at radius 1 is 0.483 bits per heavy atom. The van der Waals surface area contributed by atoms with Crippen LogP contribution < -0.4 is 20.4 Å². The average molecular weight is 776 g/mol. The topological polar surface area (TPSA) is 55.0 Å². The molecule has 0 spiro atoms. The summed E-state index contributed by atoms with van der Waals surface area (Å²) in [7, 11) is 0. The lowest BCUT2D eigenvalue weighted by atomic mass is 9.74. The van der Waals surface area contributed by atoms with Gasteiger partial charge in [0.15, 0.2) is 5.82 Å². The Balaban J connectivity index is 1.15. The zero-order chi connectivity index (χ0) is 40.4. The highest BCUT2D eigenvalue weighted by Gasteiger charge is 2.43. The van der Waals surface area contributed by atoms with E-state index in [1.165, 1.54) is 71.4 Å². The lowest BCUT2D eigenvalue weighted by molar-refractivity contribution is 0.629. The molecule has 0 unspecified atom stereocenters. The first-order chi connectivity index (χ1) is 29.2. The number of benzene rings is 6. The zero-order valence-electron chi connectivity index (χ0n) is 34.4. The van der Waals surface area contributed by atoms with E-state index in [4.69, 9.17) is 15.0 Å². The molecule has 0 bridgehead atoms. The number of anilines is 6. The fraction of sp³-hybridized carbons (Fsp3) is 0.151. The van der Waals surface area contributed by atoms with Gasteiger partial charge in [-0.1, -0.05) is 143 Å². The number of fused-ring (bicyclic) bond motifs is 1. The van der Waals surface area contributed by atoms with Crippen LogP contribution in [0.2, 0.25) is 0 Å². The smallest absolute Gasteiger partial charge is 0.240 e. The number of aromatic nitrogens is 5. The van der Waals surface area contributed by atoms with Gasteiger partial charge < -0.3 is 9.13 Å². The lowest BCUT2D eigenvalue weighted by Crippen LogP contribution is -2.42. The van der Waals surface area contributed by atoms with E-state index in [9.17, 15) is 0 Å². The van der Waals surface area contributed by atoms with E-state index >= 15 is 0 Å². The zero-order valence-corrected chi connectivity index (χ0v) is 34.4. The highest BCUT2D eigenvalue weighted by Crippen LogP contribution is 2.57. The van der Waals surface area contributed by atoms with E-state index in [-0.39, 0.29) is 10.8 Å². The SMILES string of the molecule is C/C=C\C1=c2c(=C\C)/c3cccc4c3n2-c2c(cccc2C1(C)C)N4c1nc(-c2ccccc2)nc(N2c3cccc4c3-n3c5c2cccc5c2cccc(c23)C4(C)C)n1. The highest BCUT2D eigenvalue weighted by molar-refractivity contribution is 6.18. The van der Waals surface area contributed by atoms with Gasteiger partial charge in [0.25, 0.3) is 0 Å². The van der Waals surface area contributed by atoms with Crippen LogP contribution in [0.15, 0.2) is 133 Å². The van der Waals surface area contributed by atoms with E-state index in [1.54, 1.807) is 0 Å². The maximum atomic E-state index is 5.62. The first-order valence-corrected chi connectivity index (χ1v) is 21.0. The van der Waals surface area contributed by atoms with Crippen LogP contribution in [-0.2, 0) is 10.8 Å². The predicted octanol–water partition coefficient (Wildman–Crippen LogP) is 11.6. The second-order valence-electron chi connectivity index (χ2n) is 17.6. The summed E-state index contributed by atoms with van der Waals surface area (Å²) < 4.78 is 5.02. The fourth-order valence-electron chi connectivity index (χ4n) is 11.2. The van der Waals surface area contributed by atoms with Crippen LogP contribution in [0.25, 0.3) is 67.1 Å². The quantitative estimate of drug-likeness (QED) is 0.178. The third-order valence-electron chi connectivity index (χ3n) is 13.8. The Hall–Kier alpha value is -7.25. The minimum Gasteiger partial charge on any atom is -0.304 e. The molecule has 0 N–H and O–H groups in total. The van der Waals surface area contributed by atoms with Gasteiger partial charge in [-0.2, -0.15) is 15.0 Å². The molecule has 4 aliphatic heterocycles. The van der Waals surface area contributed by atoms with E-state index in [1.807, 2.05) is 6.07 Å². The van der Waals surface area contributed by atoms with Gasteiger partial charge in [0.05, 0.1) is 56.0 Å². The second-order valence-corrected chi connectivity index (χ2v) is 17.6. The summed E-state index contributed by atoms with van der Waals surface area (Å²) >= 11 is 0. The monoisotopic (exact) mass is 775 g/mol.